The van der Waals surface area contributed by atoms with Crippen molar-refractivity contribution in [1.82, 2.24) is 0 Å². The van der Waals surface area contributed by atoms with Crippen molar-refractivity contribution in [1.29, 1.82) is 10.7 Å². The molecule has 0 radical (unpaired) electrons. The first-order valence-corrected chi connectivity index (χ1v) is 4.91. The summed E-state index contributed by atoms with van der Waals surface area (Å²) in [6, 6.07) is 4.88. The lowest BCUT2D eigenvalue weighted by atomic mass is 10.2. The number of benzene rings is 1. The summed E-state index contributed by atoms with van der Waals surface area (Å²) in [5.41, 5.74) is 8.26. The van der Waals surface area contributed by atoms with E-state index in [0.717, 1.165) is 0 Å². The highest BCUT2D eigenvalue weighted by Crippen LogP contribution is 2.33. The van der Waals surface area contributed by atoms with Crippen LogP contribution in [0.1, 0.15) is 5.56 Å². The minimum Gasteiger partial charge on any atom is -0.506 e. The second kappa shape index (κ2) is 5.18. The molecule has 0 atom stereocenters. The number of nitrogens with two attached hydrogens (primary N) is 1. The number of phenolic OH excluding ortho intramolecular Hbond substituents is 1. The van der Waals surface area contributed by atoms with Crippen molar-refractivity contribution in [3.8, 4) is 11.8 Å². The van der Waals surface area contributed by atoms with E-state index in [1.165, 1.54) is 0 Å². The number of halogens is 1. The standard InChI is InChI=1S/C10H10ClN5O/c1-5-2-3-6(8(11)9(5)17)15-16-7(4-12)10(13)14/h2-3,15,17H,1H3,(H3,13,14)/b16-7+. The van der Waals surface area contributed by atoms with Gasteiger partial charge in [0.25, 0.3) is 0 Å². The van der Waals surface area contributed by atoms with Gasteiger partial charge < -0.3 is 10.8 Å². The fourth-order valence-electron chi connectivity index (χ4n) is 1.01. The highest BCUT2D eigenvalue weighted by molar-refractivity contribution is 6.46. The quantitative estimate of drug-likeness (QED) is 0.370. The Morgan fingerprint density at radius 3 is 2.82 bits per heavy atom. The summed E-state index contributed by atoms with van der Waals surface area (Å²) < 4.78 is 0. The van der Waals surface area contributed by atoms with Crippen molar-refractivity contribution < 1.29 is 5.11 Å². The van der Waals surface area contributed by atoms with Gasteiger partial charge in [-0.3, -0.25) is 10.8 Å². The lowest BCUT2D eigenvalue weighted by Crippen LogP contribution is -2.21. The van der Waals surface area contributed by atoms with E-state index in [-0.39, 0.29) is 16.5 Å². The minimum atomic E-state index is -0.451. The predicted octanol–water partition coefficient (Wildman–Crippen LogP) is 1.58. The Labute approximate surface area is 103 Å². The largest absolute Gasteiger partial charge is 0.506 e. The molecule has 0 heterocycles. The van der Waals surface area contributed by atoms with E-state index >= 15 is 0 Å². The topological polar surface area (TPSA) is 118 Å². The Bertz CT molecular complexity index is 532. The lowest BCUT2D eigenvalue weighted by molar-refractivity contribution is 0.471. The number of amidine groups is 1. The van der Waals surface area contributed by atoms with Crippen LogP contribution in [-0.2, 0) is 0 Å². The van der Waals surface area contributed by atoms with Crippen LogP contribution in [-0.4, -0.2) is 16.7 Å². The van der Waals surface area contributed by atoms with Crippen LogP contribution in [0.4, 0.5) is 5.69 Å². The summed E-state index contributed by atoms with van der Waals surface area (Å²) in [5.74, 6) is -0.513. The minimum absolute atomic E-state index is 0.0619. The predicted molar refractivity (Wildman–Crippen MR) is 66.4 cm³/mol. The van der Waals surface area contributed by atoms with Crippen LogP contribution in [0.2, 0.25) is 5.02 Å². The summed E-state index contributed by atoms with van der Waals surface area (Å²) in [6.07, 6.45) is 0. The monoisotopic (exact) mass is 251 g/mol. The van der Waals surface area contributed by atoms with Gasteiger partial charge in [0.05, 0.1) is 5.69 Å². The van der Waals surface area contributed by atoms with Crippen LogP contribution in [0.5, 0.6) is 5.75 Å². The van der Waals surface area contributed by atoms with Crippen molar-refractivity contribution in [2.75, 3.05) is 5.43 Å². The molecule has 88 valence electrons. The van der Waals surface area contributed by atoms with Gasteiger partial charge in [-0.25, -0.2) is 0 Å². The fourth-order valence-corrected chi connectivity index (χ4v) is 1.26. The number of nitriles is 1. The molecule has 0 aliphatic rings. The fraction of sp³-hybridized carbons (Fsp3) is 0.100. The third-order valence-electron chi connectivity index (χ3n) is 1.97. The van der Waals surface area contributed by atoms with Gasteiger partial charge in [-0.2, -0.15) is 10.4 Å². The molecule has 17 heavy (non-hydrogen) atoms. The van der Waals surface area contributed by atoms with Gasteiger partial charge in [-0.15, -0.1) is 0 Å². The summed E-state index contributed by atoms with van der Waals surface area (Å²) in [4.78, 5) is 0. The highest BCUT2D eigenvalue weighted by atomic mass is 35.5. The number of hydrogen-bond donors (Lipinski definition) is 4. The van der Waals surface area contributed by atoms with Crippen LogP contribution in [0.15, 0.2) is 17.2 Å². The normalized spacial score (nSPS) is 10.8. The molecule has 0 aliphatic carbocycles. The van der Waals surface area contributed by atoms with Crippen LogP contribution < -0.4 is 11.2 Å². The first-order chi connectivity index (χ1) is 7.97. The molecule has 7 heteroatoms. The SMILES string of the molecule is Cc1ccc(N/N=C(\C#N)C(=N)N)c(Cl)c1O. The average Bonchev–Trinajstić information content (AvgIpc) is 2.29. The molecule has 0 bridgehead atoms. The lowest BCUT2D eigenvalue weighted by Gasteiger charge is -2.07. The molecular weight excluding hydrogens is 242 g/mol. The number of nitrogens with one attached hydrogen (secondary N) is 2. The Kier molecular flexibility index (Phi) is 3.91. The number of hydrogen-bond acceptors (Lipinski definition) is 5. The van der Waals surface area contributed by atoms with Gasteiger partial charge in [-0.05, 0) is 18.6 Å². The zero-order valence-corrected chi connectivity index (χ0v) is 9.71. The molecule has 0 saturated heterocycles. The molecule has 0 unspecified atom stereocenters. The van der Waals surface area contributed by atoms with Gasteiger partial charge in [0.15, 0.2) is 5.84 Å². The van der Waals surface area contributed by atoms with Crippen molar-refractivity contribution in [3.63, 3.8) is 0 Å². The average molecular weight is 252 g/mol. The molecule has 0 aromatic heterocycles. The number of phenols is 1. The van der Waals surface area contributed by atoms with E-state index in [1.807, 2.05) is 0 Å². The van der Waals surface area contributed by atoms with Gasteiger partial charge in [0.2, 0.25) is 5.71 Å². The van der Waals surface area contributed by atoms with Crippen molar-refractivity contribution >= 4 is 28.8 Å². The van der Waals surface area contributed by atoms with Crippen LogP contribution in [0.25, 0.3) is 0 Å². The zero-order chi connectivity index (χ0) is 13.0. The maximum absolute atomic E-state index is 9.57. The third kappa shape index (κ3) is 2.86. The van der Waals surface area contributed by atoms with Gasteiger partial charge >= 0.3 is 0 Å². The molecule has 5 N–H and O–H groups in total. The van der Waals surface area contributed by atoms with Crippen molar-refractivity contribution in [3.05, 3.63) is 22.7 Å². The molecule has 0 amide bonds. The van der Waals surface area contributed by atoms with Gasteiger partial charge in [0.1, 0.15) is 16.8 Å². The molecule has 1 aromatic rings. The summed E-state index contributed by atoms with van der Waals surface area (Å²) in [6.45, 7) is 1.70. The number of rotatable bonds is 3. The second-order valence-corrected chi connectivity index (χ2v) is 3.57. The molecule has 1 aromatic carbocycles. The number of anilines is 1. The number of nitrogens with zero attached hydrogens (tertiary/aromatic N) is 2. The Balaban J connectivity index is 3.02. The first kappa shape index (κ1) is 12.8. The second-order valence-electron chi connectivity index (χ2n) is 3.19. The molecule has 0 saturated carbocycles. The molecule has 6 nitrogen and oxygen atoms in total. The first-order valence-electron chi connectivity index (χ1n) is 4.53. The molecule has 0 spiro atoms. The third-order valence-corrected chi connectivity index (χ3v) is 2.35. The van der Waals surface area contributed by atoms with E-state index in [9.17, 15) is 5.11 Å². The van der Waals surface area contributed by atoms with Crippen molar-refractivity contribution in [2.24, 2.45) is 10.8 Å². The maximum Gasteiger partial charge on any atom is 0.201 e. The molecule has 0 aliphatic heterocycles. The van der Waals surface area contributed by atoms with E-state index < -0.39 is 5.84 Å². The Morgan fingerprint density at radius 1 is 1.65 bits per heavy atom. The number of hydrazone groups is 1. The van der Waals surface area contributed by atoms with Gasteiger partial charge in [0, 0.05) is 0 Å². The number of aromatic hydroxyl groups is 1. The van der Waals surface area contributed by atoms with Crippen LogP contribution in [0.3, 0.4) is 0 Å². The summed E-state index contributed by atoms with van der Waals surface area (Å²) in [5, 5.41) is 28.9. The van der Waals surface area contributed by atoms with E-state index in [2.05, 4.69) is 10.5 Å². The van der Waals surface area contributed by atoms with Crippen molar-refractivity contribution in [2.45, 2.75) is 6.92 Å². The molecular formula is C10H10ClN5O. The zero-order valence-electron chi connectivity index (χ0n) is 8.95. The van der Waals surface area contributed by atoms with Gasteiger partial charge in [-0.1, -0.05) is 17.7 Å². The summed E-state index contributed by atoms with van der Waals surface area (Å²) in [7, 11) is 0. The van der Waals surface area contributed by atoms with E-state index in [4.69, 9.17) is 28.0 Å². The van der Waals surface area contributed by atoms with E-state index in [1.54, 1.807) is 25.1 Å². The van der Waals surface area contributed by atoms with Crippen LogP contribution in [0, 0.1) is 23.7 Å². The smallest absolute Gasteiger partial charge is 0.201 e. The van der Waals surface area contributed by atoms with Crippen LogP contribution >= 0.6 is 11.6 Å². The number of aryl methyl sites for hydroxylation is 1. The highest BCUT2D eigenvalue weighted by Gasteiger charge is 2.08. The maximum atomic E-state index is 9.57. The molecule has 1 rings (SSSR count). The molecule has 0 fully saturated rings. The summed E-state index contributed by atoms with van der Waals surface area (Å²) >= 11 is 5.86. The Morgan fingerprint density at radius 2 is 2.29 bits per heavy atom. The Hall–Kier alpha value is -2.26. The van der Waals surface area contributed by atoms with E-state index in [0.29, 0.717) is 11.3 Å².